The molecule has 0 bridgehead atoms. The second-order valence-electron chi connectivity index (χ2n) is 9.56. The predicted octanol–water partition coefficient (Wildman–Crippen LogP) is 5.99. The van der Waals surface area contributed by atoms with E-state index in [2.05, 4.69) is 28.6 Å². The van der Waals surface area contributed by atoms with Crippen molar-refractivity contribution in [3.63, 3.8) is 0 Å². The summed E-state index contributed by atoms with van der Waals surface area (Å²) in [5, 5.41) is 8.82. The van der Waals surface area contributed by atoms with Gasteiger partial charge in [0.2, 0.25) is 0 Å². The van der Waals surface area contributed by atoms with Crippen molar-refractivity contribution < 1.29 is 31.5 Å². The lowest BCUT2D eigenvalue weighted by atomic mass is 9.88. The molecule has 214 valence electrons. The Morgan fingerprint density at radius 2 is 2.02 bits per heavy atom. The van der Waals surface area contributed by atoms with Crippen LogP contribution in [0.2, 0.25) is 0 Å². The topological polar surface area (TPSA) is 99.6 Å². The van der Waals surface area contributed by atoms with Gasteiger partial charge < -0.3 is 10.0 Å². The molecule has 1 saturated heterocycles. The van der Waals surface area contributed by atoms with Crippen molar-refractivity contribution in [2.75, 3.05) is 18.0 Å². The van der Waals surface area contributed by atoms with Crippen LogP contribution in [-0.4, -0.2) is 43.7 Å². The Morgan fingerprint density at radius 3 is 2.70 bits per heavy atom. The van der Waals surface area contributed by atoms with Crippen LogP contribution in [0, 0.1) is 5.92 Å². The molecule has 1 aliphatic carbocycles. The first-order chi connectivity index (χ1) is 18.8. The fourth-order valence-corrected chi connectivity index (χ4v) is 5.69. The van der Waals surface area contributed by atoms with Crippen molar-refractivity contribution in [1.29, 1.82) is 0 Å². The number of hydrogen-bond acceptors (Lipinski definition) is 5. The average molecular weight is 576 g/mol. The summed E-state index contributed by atoms with van der Waals surface area (Å²) in [5.74, 6) is -0.550. The Hall–Kier alpha value is -3.82. The fourth-order valence-electron chi connectivity index (χ4n) is 4.62. The molecule has 2 N–H and O–H groups in total. The van der Waals surface area contributed by atoms with Gasteiger partial charge in [0.25, 0.3) is 10.0 Å². The van der Waals surface area contributed by atoms with Gasteiger partial charge in [0.15, 0.2) is 5.03 Å². The fraction of sp³-hybridized carbons (Fsp3) is 0.345. The lowest BCUT2D eigenvalue weighted by Gasteiger charge is -2.33. The average Bonchev–Trinajstić information content (AvgIpc) is 2.89. The van der Waals surface area contributed by atoms with Crippen LogP contribution < -0.4 is 9.62 Å². The molecular formula is C29H32F3N3O4S. The standard InChI is InChI=1S/C29H32F3N3O4S/c1-4-23-12-5-6-13-24(23)21(3)25(29(30,31)32)14-7-10-20(2)34-40(38,39)27-16-8-15-26(33-27)35-17-9-11-22(19-35)18-28(36)37/h4,7-8,10,12-13,15-16,22,34H,1,3,5-6,9,11,17-19H2,2H3,(H,36,37)/b20-10+/t14?,22-/m0/s1. The third kappa shape index (κ3) is 8.09. The van der Waals surface area contributed by atoms with E-state index in [9.17, 15) is 26.4 Å². The number of alkyl halides is 3. The maximum absolute atomic E-state index is 13.8. The van der Waals surface area contributed by atoms with Crippen LogP contribution in [0.1, 0.15) is 39.0 Å². The molecule has 0 spiro atoms. The van der Waals surface area contributed by atoms with Crippen molar-refractivity contribution in [2.24, 2.45) is 5.92 Å². The summed E-state index contributed by atoms with van der Waals surface area (Å²) in [7, 11) is -4.15. The predicted molar refractivity (Wildman–Crippen MR) is 148 cm³/mol. The number of piperidine rings is 1. The van der Waals surface area contributed by atoms with Crippen LogP contribution in [-0.2, 0) is 14.8 Å². The summed E-state index contributed by atoms with van der Waals surface area (Å²) in [6.45, 7) is 9.74. The van der Waals surface area contributed by atoms with Crippen molar-refractivity contribution in [1.82, 2.24) is 9.71 Å². The number of carboxylic acids is 1. The molecule has 2 heterocycles. The van der Waals surface area contributed by atoms with Crippen LogP contribution >= 0.6 is 0 Å². The minimum absolute atomic E-state index is 0.0229. The van der Waals surface area contributed by atoms with Crippen molar-refractivity contribution in [2.45, 2.75) is 50.2 Å². The normalized spacial score (nSPS) is 18.1. The number of rotatable bonds is 10. The highest BCUT2D eigenvalue weighted by atomic mass is 32.2. The van der Waals surface area contributed by atoms with Gasteiger partial charge in [0.05, 0.1) is 0 Å². The highest BCUT2D eigenvalue weighted by Crippen LogP contribution is 2.37. The third-order valence-corrected chi connectivity index (χ3v) is 7.84. The third-order valence-electron chi connectivity index (χ3n) is 6.47. The maximum Gasteiger partial charge on any atom is 0.424 e. The van der Waals surface area contributed by atoms with E-state index >= 15 is 0 Å². The van der Waals surface area contributed by atoms with E-state index < -0.39 is 27.7 Å². The molecule has 40 heavy (non-hydrogen) atoms. The summed E-state index contributed by atoms with van der Waals surface area (Å²) in [6.07, 6.45) is 5.21. The Bertz CT molecular complexity index is 1430. The Kier molecular flexibility index (Phi) is 10.0. The molecule has 2 aliphatic rings. The van der Waals surface area contributed by atoms with E-state index in [1.165, 1.54) is 31.2 Å². The highest BCUT2D eigenvalue weighted by Gasteiger charge is 2.36. The number of nitrogens with zero attached hydrogens (tertiary/aromatic N) is 2. The first kappa shape index (κ1) is 30.7. The number of aromatic nitrogens is 1. The van der Waals surface area contributed by atoms with E-state index in [-0.39, 0.29) is 28.6 Å². The zero-order valence-corrected chi connectivity index (χ0v) is 23.0. The monoisotopic (exact) mass is 575 g/mol. The number of anilines is 1. The van der Waals surface area contributed by atoms with Gasteiger partial charge in [-0.05, 0) is 79.5 Å². The van der Waals surface area contributed by atoms with Gasteiger partial charge in [-0.15, -0.1) is 5.73 Å². The van der Waals surface area contributed by atoms with Crippen LogP contribution in [0.4, 0.5) is 19.0 Å². The smallest absolute Gasteiger partial charge is 0.424 e. The number of carboxylic acid groups (broad SMARTS) is 1. The van der Waals surface area contributed by atoms with E-state index in [0.29, 0.717) is 42.9 Å². The minimum Gasteiger partial charge on any atom is -0.481 e. The van der Waals surface area contributed by atoms with E-state index in [4.69, 9.17) is 5.11 Å². The molecule has 0 amide bonds. The summed E-state index contributed by atoms with van der Waals surface area (Å²) in [4.78, 5) is 17.2. The van der Waals surface area contributed by atoms with Gasteiger partial charge in [-0.25, -0.2) is 4.98 Å². The van der Waals surface area contributed by atoms with E-state index in [0.717, 1.165) is 18.9 Å². The number of nitrogens with one attached hydrogen (secondary N) is 1. The summed E-state index contributed by atoms with van der Waals surface area (Å²) in [6, 6.07) is 4.49. The van der Waals surface area contributed by atoms with Crippen LogP contribution in [0.5, 0.6) is 0 Å². The number of halogens is 3. The second-order valence-corrected chi connectivity index (χ2v) is 11.2. The van der Waals surface area contributed by atoms with Gasteiger partial charge >= 0.3 is 12.1 Å². The first-order valence-electron chi connectivity index (χ1n) is 12.7. The van der Waals surface area contributed by atoms with Gasteiger partial charge in [-0.2, -0.15) is 21.6 Å². The number of carbonyl (C=O) groups is 1. The molecule has 7 nitrogen and oxygen atoms in total. The SMILES string of the molecule is C=CC1=CCCC=C1C(=C)C(=C=C/C=C(\C)NS(=O)(=O)c1cccc(N2CCC[C@@H](CC(=O)O)C2)n1)C(F)(F)F. The minimum atomic E-state index is -4.73. The van der Waals surface area contributed by atoms with E-state index in [1.807, 2.05) is 4.90 Å². The van der Waals surface area contributed by atoms with Gasteiger partial charge in [-0.3, -0.25) is 9.52 Å². The summed E-state index contributed by atoms with van der Waals surface area (Å²) in [5.41, 5.74) is 1.85. The molecule has 0 aromatic carbocycles. The zero-order valence-electron chi connectivity index (χ0n) is 22.2. The molecule has 3 rings (SSSR count). The van der Waals surface area contributed by atoms with E-state index in [1.54, 1.807) is 18.2 Å². The number of allylic oxidation sites excluding steroid dienone is 9. The zero-order chi connectivity index (χ0) is 29.5. The molecule has 1 fully saturated rings. The van der Waals surface area contributed by atoms with Crippen molar-refractivity contribution >= 4 is 21.8 Å². The second kappa shape index (κ2) is 13.0. The molecule has 11 heteroatoms. The number of aliphatic carboxylic acids is 1. The summed E-state index contributed by atoms with van der Waals surface area (Å²) < 4.78 is 69.7. The Morgan fingerprint density at radius 1 is 1.30 bits per heavy atom. The van der Waals surface area contributed by atoms with Crippen LogP contribution in [0.25, 0.3) is 0 Å². The maximum atomic E-state index is 13.8. The Labute approximate surface area is 232 Å². The number of pyridine rings is 1. The lowest BCUT2D eigenvalue weighted by Crippen LogP contribution is -2.37. The molecule has 0 saturated carbocycles. The van der Waals surface area contributed by atoms with Crippen molar-refractivity contribution in [3.8, 4) is 0 Å². The molecule has 1 atom stereocenters. The lowest BCUT2D eigenvalue weighted by molar-refractivity contribution is -0.138. The van der Waals surface area contributed by atoms with Crippen LogP contribution in [0.3, 0.4) is 0 Å². The number of sulfonamides is 1. The molecule has 1 aromatic rings. The molecule has 1 aromatic heterocycles. The largest absolute Gasteiger partial charge is 0.481 e. The molecule has 1 aliphatic heterocycles. The molecule has 0 unspecified atom stereocenters. The Balaban J connectivity index is 1.80. The summed E-state index contributed by atoms with van der Waals surface area (Å²) >= 11 is 0. The van der Waals surface area contributed by atoms with Crippen LogP contribution in [0.15, 0.2) is 100 Å². The van der Waals surface area contributed by atoms with Crippen molar-refractivity contribution in [3.05, 3.63) is 95.5 Å². The highest BCUT2D eigenvalue weighted by molar-refractivity contribution is 7.89. The van der Waals surface area contributed by atoms with Gasteiger partial charge in [-0.1, -0.05) is 37.5 Å². The molecule has 0 radical (unpaired) electrons. The van der Waals surface area contributed by atoms with Gasteiger partial charge in [0, 0.05) is 25.2 Å². The van der Waals surface area contributed by atoms with Gasteiger partial charge in [0.1, 0.15) is 11.4 Å². The molecular weight excluding hydrogens is 543 g/mol. The quantitative estimate of drug-likeness (QED) is 0.263. The first-order valence-corrected chi connectivity index (χ1v) is 14.2. The number of hydrogen-bond donors (Lipinski definition) is 2.